The normalized spacial score (nSPS) is 29.1. The van der Waals surface area contributed by atoms with Gasteiger partial charge in [0.2, 0.25) is 0 Å². The van der Waals surface area contributed by atoms with E-state index in [9.17, 15) is 13.2 Å². The third kappa shape index (κ3) is 2.86. The Morgan fingerprint density at radius 3 is 2.57 bits per heavy atom. The molecule has 1 atom stereocenters. The zero-order valence-electron chi connectivity index (χ0n) is 7.86. The molecule has 1 aliphatic rings. The maximum Gasteiger partial charge on any atom is 0.401 e. The lowest BCUT2D eigenvalue weighted by Gasteiger charge is -2.23. The molecule has 1 aliphatic heterocycles. The van der Waals surface area contributed by atoms with Gasteiger partial charge in [0.1, 0.15) is 5.54 Å². The summed E-state index contributed by atoms with van der Waals surface area (Å²) in [6, 6.07) is 1.93. The van der Waals surface area contributed by atoms with Crippen molar-refractivity contribution in [2.24, 2.45) is 0 Å². The molecule has 0 aliphatic carbocycles. The van der Waals surface area contributed by atoms with Crippen molar-refractivity contribution >= 4 is 0 Å². The molecular weight excluding hydrogens is 195 g/mol. The van der Waals surface area contributed by atoms with E-state index in [1.807, 2.05) is 11.0 Å². The summed E-state index contributed by atoms with van der Waals surface area (Å²) >= 11 is 0. The number of nitrogens with one attached hydrogen (secondary N) is 1. The van der Waals surface area contributed by atoms with Gasteiger partial charge in [0.05, 0.1) is 12.6 Å². The number of nitrogens with zero attached hydrogens (tertiary/aromatic N) is 2. The van der Waals surface area contributed by atoms with Crippen LogP contribution in [0.4, 0.5) is 13.2 Å². The summed E-state index contributed by atoms with van der Waals surface area (Å²) in [4.78, 5) is 1.84. The fourth-order valence-electron chi connectivity index (χ4n) is 1.55. The number of alkyl halides is 3. The average Bonchev–Trinajstić information content (AvgIpc) is 2.44. The molecule has 0 amide bonds. The predicted octanol–water partition coefficient (Wildman–Crippen LogP) is 0.736. The highest BCUT2D eigenvalue weighted by Gasteiger charge is 2.40. The van der Waals surface area contributed by atoms with Crippen LogP contribution in [0.25, 0.3) is 0 Å². The molecule has 0 aromatic carbocycles. The number of hydrogen-bond acceptors (Lipinski definition) is 3. The van der Waals surface area contributed by atoms with Gasteiger partial charge < -0.3 is 4.90 Å². The highest BCUT2D eigenvalue weighted by atomic mass is 19.4. The molecule has 3 nitrogen and oxygen atoms in total. The van der Waals surface area contributed by atoms with Crippen molar-refractivity contribution in [2.75, 3.05) is 26.7 Å². The van der Waals surface area contributed by atoms with Crippen molar-refractivity contribution in [3.63, 3.8) is 0 Å². The zero-order chi connectivity index (χ0) is 10.8. The molecule has 1 heterocycles. The van der Waals surface area contributed by atoms with Gasteiger partial charge in [0.25, 0.3) is 0 Å². The summed E-state index contributed by atoms with van der Waals surface area (Å²) in [5.74, 6) is 0. The summed E-state index contributed by atoms with van der Waals surface area (Å²) in [7, 11) is 1.79. The highest BCUT2D eigenvalue weighted by molar-refractivity contribution is 5.12. The van der Waals surface area contributed by atoms with Crippen LogP contribution in [0.15, 0.2) is 0 Å². The Kier molecular flexibility index (Phi) is 3.02. The van der Waals surface area contributed by atoms with Crippen molar-refractivity contribution in [2.45, 2.75) is 18.1 Å². The van der Waals surface area contributed by atoms with Gasteiger partial charge in [-0.2, -0.15) is 18.4 Å². The molecule has 14 heavy (non-hydrogen) atoms. The van der Waals surface area contributed by atoms with Gasteiger partial charge in [0, 0.05) is 13.1 Å². The van der Waals surface area contributed by atoms with Crippen molar-refractivity contribution in [1.29, 1.82) is 5.26 Å². The molecular formula is C8H12F3N3. The summed E-state index contributed by atoms with van der Waals surface area (Å²) in [5, 5.41) is 11.1. The Morgan fingerprint density at radius 1 is 1.57 bits per heavy atom. The largest absolute Gasteiger partial charge is 0.401 e. The second-order valence-corrected chi connectivity index (χ2v) is 3.65. The van der Waals surface area contributed by atoms with Crippen molar-refractivity contribution in [3.05, 3.63) is 0 Å². The van der Waals surface area contributed by atoms with Gasteiger partial charge in [0.15, 0.2) is 0 Å². The molecule has 0 saturated carbocycles. The smallest absolute Gasteiger partial charge is 0.303 e. The van der Waals surface area contributed by atoms with Crippen LogP contribution in [-0.2, 0) is 0 Å². The topological polar surface area (TPSA) is 39.1 Å². The lowest BCUT2D eigenvalue weighted by Crippen LogP contribution is -2.49. The molecule has 0 radical (unpaired) electrons. The van der Waals surface area contributed by atoms with E-state index < -0.39 is 18.3 Å². The van der Waals surface area contributed by atoms with E-state index in [1.54, 1.807) is 7.05 Å². The Morgan fingerprint density at radius 2 is 2.21 bits per heavy atom. The first-order valence-electron chi connectivity index (χ1n) is 4.28. The van der Waals surface area contributed by atoms with Gasteiger partial charge in [-0.15, -0.1) is 0 Å². The van der Waals surface area contributed by atoms with E-state index >= 15 is 0 Å². The van der Waals surface area contributed by atoms with E-state index in [-0.39, 0.29) is 0 Å². The standard InChI is InChI=1S/C8H12F3N3/c1-14-3-2-7(4-12,6-14)13-5-8(9,10)11/h13H,2-3,5-6H2,1H3. The van der Waals surface area contributed by atoms with Gasteiger partial charge in [-0.1, -0.05) is 0 Å². The Bertz CT molecular complexity index is 245. The second-order valence-electron chi connectivity index (χ2n) is 3.65. The maximum atomic E-state index is 11.9. The average molecular weight is 207 g/mol. The Labute approximate surface area is 80.5 Å². The Hall–Kier alpha value is -0.800. The number of likely N-dealkylation sites (N-methyl/N-ethyl adjacent to an activating group) is 1. The van der Waals surface area contributed by atoms with Crippen molar-refractivity contribution in [1.82, 2.24) is 10.2 Å². The first kappa shape index (κ1) is 11.3. The second kappa shape index (κ2) is 3.75. The minimum Gasteiger partial charge on any atom is -0.303 e. The quantitative estimate of drug-likeness (QED) is 0.725. The van der Waals surface area contributed by atoms with Gasteiger partial charge in [-0.3, -0.25) is 5.32 Å². The van der Waals surface area contributed by atoms with E-state index in [0.717, 1.165) is 0 Å². The first-order valence-corrected chi connectivity index (χ1v) is 4.28. The minimum atomic E-state index is -4.26. The first-order chi connectivity index (χ1) is 6.37. The monoisotopic (exact) mass is 207 g/mol. The fraction of sp³-hybridized carbons (Fsp3) is 0.875. The van der Waals surface area contributed by atoms with E-state index in [0.29, 0.717) is 19.5 Å². The molecule has 1 rings (SSSR count). The van der Waals surface area contributed by atoms with Crippen molar-refractivity contribution in [3.8, 4) is 6.07 Å². The van der Waals surface area contributed by atoms with Crippen LogP contribution in [0, 0.1) is 11.3 Å². The maximum absolute atomic E-state index is 11.9. The molecule has 0 spiro atoms. The van der Waals surface area contributed by atoms with Crippen LogP contribution in [-0.4, -0.2) is 43.3 Å². The van der Waals surface area contributed by atoms with Crippen molar-refractivity contribution < 1.29 is 13.2 Å². The van der Waals surface area contributed by atoms with Gasteiger partial charge in [-0.25, -0.2) is 0 Å². The molecule has 6 heteroatoms. The van der Waals surface area contributed by atoms with Crippen LogP contribution in [0.3, 0.4) is 0 Å². The van der Waals surface area contributed by atoms with Gasteiger partial charge in [-0.05, 0) is 13.5 Å². The lowest BCUT2D eigenvalue weighted by molar-refractivity contribution is -0.127. The predicted molar refractivity (Wildman–Crippen MR) is 44.5 cm³/mol. The summed E-state index contributed by atoms with van der Waals surface area (Å²) in [5.41, 5.74) is -1.02. The molecule has 0 aromatic rings. The molecule has 1 saturated heterocycles. The van der Waals surface area contributed by atoms with E-state index in [4.69, 9.17) is 5.26 Å². The number of likely N-dealkylation sites (tertiary alicyclic amines) is 1. The zero-order valence-corrected chi connectivity index (χ0v) is 7.86. The molecule has 1 N–H and O–H groups in total. The number of rotatable bonds is 2. The number of hydrogen-bond donors (Lipinski definition) is 1. The number of nitriles is 1. The number of halogens is 3. The van der Waals surface area contributed by atoms with Crippen LogP contribution >= 0.6 is 0 Å². The van der Waals surface area contributed by atoms with Crippen LogP contribution in [0.2, 0.25) is 0 Å². The van der Waals surface area contributed by atoms with E-state index in [1.165, 1.54) is 0 Å². The van der Waals surface area contributed by atoms with Crippen LogP contribution < -0.4 is 5.32 Å². The fourth-order valence-corrected chi connectivity index (χ4v) is 1.55. The van der Waals surface area contributed by atoms with Crippen LogP contribution in [0.1, 0.15) is 6.42 Å². The summed E-state index contributed by atoms with van der Waals surface area (Å²) in [6.07, 6.45) is -3.82. The molecule has 1 fully saturated rings. The molecule has 1 unspecified atom stereocenters. The minimum absolute atomic E-state index is 0.347. The highest BCUT2D eigenvalue weighted by Crippen LogP contribution is 2.21. The Balaban J connectivity index is 2.52. The molecule has 0 aromatic heterocycles. The third-order valence-corrected chi connectivity index (χ3v) is 2.30. The summed E-state index contributed by atoms with van der Waals surface area (Å²) in [6.45, 7) is -0.105. The van der Waals surface area contributed by atoms with Gasteiger partial charge >= 0.3 is 6.18 Å². The molecule has 80 valence electrons. The summed E-state index contributed by atoms with van der Waals surface area (Å²) < 4.78 is 35.8. The third-order valence-electron chi connectivity index (χ3n) is 2.30. The molecule has 0 bridgehead atoms. The lowest BCUT2D eigenvalue weighted by atomic mass is 10.0. The van der Waals surface area contributed by atoms with E-state index in [2.05, 4.69) is 5.32 Å². The van der Waals surface area contributed by atoms with Crippen LogP contribution in [0.5, 0.6) is 0 Å². The SMILES string of the molecule is CN1CCC(C#N)(NCC(F)(F)F)C1.